The molecule has 2 saturated heterocycles. The number of carbonyl (C=O) groups excluding carboxylic acids is 1. The van der Waals surface area contributed by atoms with Gasteiger partial charge in [0, 0.05) is 31.2 Å². The monoisotopic (exact) mass is 303 g/mol. The van der Waals surface area contributed by atoms with Gasteiger partial charge in [-0.15, -0.1) is 0 Å². The lowest BCUT2D eigenvalue weighted by atomic mass is 10.1. The van der Waals surface area contributed by atoms with E-state index in [9.17, 15) is 4.79 Å². The van der Waals surface area contributed by atoms with Crippen LogP contribution in [0.2, 0.25) is 0 Å². The molecule has 0 aliphatic carbocycles. The Morgan fingerprint density at radius 2 is 2.00 bits per heavy atom. The zero-order valence-corrected chi connectivity index (χ0v) is 12.9. The highest BCUT2D eigenvalue weighted by atomic mass is 32.1. The Morgan fingerprint density at radius 1 is 1.24 bits per heavy atom. The minimum absolute atomic E-state index is 0.227. The fraction of sp³-hybridized carbons (Fsp3) is 0.500. The fourth-order valence-corrected chi connectivity index (χ4v) is 3.43. The molecular weight excluding hydrogens is 282 g/mol. The van der Waals surface area contributed by atoms with Crippen LogP contribution in [0.3, 0.4) is 0 Å². The van der Waals surface area contributed by atoms with E-state index in [0.29, 0.717) is 17.5 Å². The molecule has 2 aliphatic rings. The summed E-state index contributed by atoms with van der Waals surface area (Å²) in [6, 6.07) is 8.25. The second-order valence-electron chi connectivity index (χ2n) is 5.91. The third-order valence-electron chi connectivity index (χ3n) is 4.53. The molecular formula is C16H21N3OS. The van der Waals surface area contributed by atoms with Crippen molar-refractivity contribution in [1.29, 1.82) is 0 Å². The number of piperazine rings is 1. The van der Waals surface area contributed by atoms with Gasteiger partial charge in [0.15, 0.2) is 0 Å². The van der Waals surface area contributed by atoms with Crippen molar-refractivity contribution in [2.75, 3.05) is 26.2 Å². The molecule has 112 valence electrons. The summed E-state index contributed by atoms with van der Waals surface area (Å²) < 4.78 is 0. The van der Waals surface area contributed by atoms with E-state index in [1.54, 1.807) is 0 Å². The van der Waals surface area contributed by atoms with Gasteiger partial charge in [-0.05, 0) is 24.9 Å². The van der Waals surface area contributed by atoms with Crippen molar-refractivity contribution in [2.45, 2.75) is 25.3 Å². The van der Waals surface area contributed by atoms with Crippen molar-refractivity contribution < 1.29 is 4.79 Å². The third kappa shape index (κ3) is 3.24. The Bertz CT molecular complexity index is 543. The zero-order valence-electron chi connectivity index (χ0n) is 12.1. The number of fused-ring (bicyclic) bond motifs is 1. The van der Waals surface area contributed by atoms with Gasteiger partial charge in [0.05, 0.1) is 6.42 Å². The van der Waals surface area contributed by atoms with Crippen molar-refractivity contribution in [3.8, 4) is 0 Å². The van der Waals surface area contributed by atoms with Crippen LogP contribution in [-0.2, 0) is 11.2 Å². The van der Waals surface area contributed by atoms with E-state index < -0.39 is 0 Å². The number of thiocarbonyl (C=S) groups is 1. The summed E-state index contributed by atoms with van der Waals surface area (Å²) in [5.41, 5.74) is 7.45. The first-order valence-corrected chi connectivity index (χ1v) is 7.95. The van der Waals surface area contributed by atoms with Crippen molar-refractivity contribution >= 4 is 23.1 Å². The lowest BCUT2D eigenvalue weighted by Crippen LogP contribution is -2.52. The molecule has 0 bridgehead atoms. The van der Waals surface area contributed by atoms with Crippen LogP contribution < -0.4 is 5.73 Å². The Morgan fingerprint density at radius 3 is 2.71 bits per heavy atom. The van der Waals surface area contributed by atoms with Crippen LogP contribution in [0.1, 0.15) is 24.0 Å². The molecule has 0 aromatic heterocycles. The molecule has 2 heterocycles. The van der Waals surface area contributed by atoms with Crippen molar-refractivity contribution in [2.24, 2.45) is 5.73 Å². The summed E-state index contributed by atoms with van der Waals surface area (Å²) >= 11 is 4.94. The molecule has 4 nitrogen and oxygen atoms in total. The van der Waals surface area contributed by atoms with Crippen LogP contribution >= 0.6 is 12.2 Å². The predicted molar refractivity (Wildman–Crippen MR) is 87.2 cm³/mol. The van der Waals surface area contributed by atoms with Crippen LogP contribution in [0.5, 0.6) is 0 Å². The molecule has 0 radical (unpaired) electrons. The van der Waals surface area contributed by atoms with Gasteiger partial charge in [0.2, 0.25) is 5.91 Å². The summed E-state index contributed by atoms with van der Waals surface area (Å²) in [6.45, 7) is 3.98. The number of nitrogens with two attached hydrogens (primary N) is 1. The van der Waals surface area contributed by atoms with Crippen LogP contribution in [0.25, 0.3) is 0 Å². The van der Waals surface area contributed by atoms with Gasteiger partial charge in [-0.25, -0.2) is 0 Å². The minimum Gasteiger partial charge on any atom is -0.389 e. The predicted octanol–water partition coefficient (Wildman–Crippen LogP) is 1.17. The summed E-state index contributed by atoms with van der Waals surface area (Å²) in [6.07, 6.45) is 2.96. The number of nitrogens with zero attached hydrogens (tertiary/aromatic N) is 2. The highest BCUT2D eigenvalue weighted by molar-refractivity contribution is 7.80. The standard InChI is InChI=1S/C16H21N3OS/c17-16(21)13-5-3-12(4-6-13)10-15(20)19-9-8-18-7-1-2-14(18)11-19/h3-6,14H,1-2,7-11H2,(H2,17,21). The maximum absolute atomic E-state index is 12.4. The van der Waals surface area contributed by atoms with Gasteiger partial charge < -0.3 is 10.6 Å². The first kappa shape index (κ1) is 14.5. The number of amides is 1. The van der Waals surface area contributed by atoms with E-state index in [4.69, 9.17) is 18.0 Å². The van der Waals surface area contributed by atoms with E-state index in [2.05, 4.69) is 4.90 Å². The molecule has 3 rings (SSSR count). The minimum atomic E-state index is 0.227. The molecule has 1 atom stereocenters. The smallest absolute Gasteiger partial charge is 0.227 e. The van der Waals surface area contributed by atoms with Gasteiger partial charge in [0.1, 0.15) is 4.99 Å². The second-order valence-corrected chi connectivity index (χ2v) is 6.35. The molecule has 21 heavy (non-hydrogen) atoms. The lowest BCUT2D eigenvalue weighted by molar-refractivity contribution is -0.133. The average Bonchev–Trinajstić information content (AvgIpc) is 2.95. The summed E-state index contributed by atoms with van der Waals surface area (Å²) in [5, 5.41) is 0. The van der Waals surface area contributed by atoms with Crippen LogP contribution in [-0.4, -0.2) is 52.9 Å². The van der Waals surface area contributed by atoms with Gasteiger partial charge in [-0.2, -0.15) is 0 Å². The molecule has 5 heteroatoms. The quantitative estimate of drug-likeness (QED) is 0.852. The van der Waals surface area contributed by atoms with Crippen LogP contribution in [0, 0.1) is 0 Å². The summed E-state index contributed by atoms with van der Waals surface area (Å²) in [5.74, 6) is 0.227. The van der Waals surface area contributed by atoms with E-state index in [-0.39, 0.29) is 5.91 Å². The number of rotatable bonds is 3. The van der Waals surface area contributed by atoms with Gasteiger partial charge in [-0.3, -0.25) is 9.69 Å². The van der Waals surface area contributed by atoms with Crippen molar-refractivity contribution in [3.63, 3.8) is 0 Å². The number of hydrogen-bond donors (Lipinski definition) is 1. The van der Waals surface area contributed by atoms with Crippen LogP contribution in [0.15, 0.2) is 24.3 Å². The third-order valence-corrected chi connectivity index (χ3v) is 4.77. The maximum atomic E-state index is 12.4. The van der Waals surface area contributed by atoms with E-state index in [1.165, 1.54) is 19.4 Å². The van der Waals surface area contributed by atoms with Gasteiger partial charge >= 0.3 is 0 Å². The molecule has 2 N–H and O–H groups in total. The largest absolute Gasteiger partial charge is 0.389 e. The summed E-state index contributed by atoms with van der Waals surface area (Å²) in [7, 11) is 0. The molecule has 1 aromatic rings. The Kier molecular flexibility index (Phi) is 4.22. The molecule has 1 amide bonds. The lowest BCUT2D eigenvalue weighted by Gasteiger charge is -2.37. The summed E-state index contributed by atoms with van der Waals surface area (Å²) in [4.78, 5) is 17.4. The first-order chi connectivity index (χ1) is 10.1. The van der Waals surface area contributed by atoms with Gasteiger partial charge in [0.25, 0.3) is 0 Å². The zero-order chi connectivity index (χ0) is 14.8. The van der Waals surface area contributed by atoms with Crippen molar-refractivity contribution in [1.82, 2.24) is 9.80 Å². The molecule has 2 fully saturated rings. The highest BCUT2D eigenvalue weighted by Gasteiger charge is 2.32. The first-order valence-electron chi connectivity index (χ1n) is 7.54. The molecule has 1 aromatic carbocycles. The Balaban J connectivity index is 1.59. The molecule has 1 unspecified atom stereocenters. The van der Waals surface area contributed by atoms with Crippen molar-refractivity contribution in [3.05, 3.63) is 35.4 Å². The van der Waals surface area contributed by atoms with E-state index in [1.807, 2.05) is 29.2 Å². The Labute approximate surface area is 130 Å². The highest BCUT2D eigenvalue weighted by Crippen LogP contribution is 2.22. The number of carbonyl (C=O) groups is 1. The maximum Gasteiger partial charge on any atom is 0.227 e. The van der Waals surface area contributed by atoms with E-state index in [0.717, 1.165) is 30.8 Å². The Hall–Kier alpha value is -1.46. The SMILES string of the molecule is NC(=S)c1ccc(CC(=O)N2CCN3CCCC3C2)cc1. The number of hydrogen-bond acceptors (Lipinski definition) is 3. The average molecular weight is 303 g/mol. The van der Waals surface area contributed by atoms with E-state index >= 15 is 0 Å². The number of benzene rings is 1. The topological polar surface area (TPSA) is 49.6 Å². The molecule has 2 aliphatic heterocycles. The van der Waals surface area contributed by atoms with Crippen LogP contribution in [0.4, 0.5) is 0 Å². The fourth-order valence-electron chi connectivity index (χ4n) is 3.29. The van der Waals surface area contributed by atoms with Gasteiger partial charge in [-0.1, -0.05) is 36.5 Å². The second kappa shape index (κ2) is 6.12. The molecule has 0 spiro atoms. The normalized spacial score (nSPS) is 22.1. The molecule has 0 saturated carbocycles.